The second-order valence-electron chi connectivity index (χ2n) is 8.72. The third kappa shape index (κ3) is 2.61. The maximum atomic E-state index is 9.92. The van der Waals surface area contributed by atoms with Gasteiger partial charge in [0.25, 0.3) is 0 Å². The smallest absolute Gasteiger partial charge is 0.222 e. The number of hydrogen-bond acceptors (Lipinski definition) is 8. The minimum atomic E-state index is 0.188. The van der Waals surface area contributed by atoms with Crippen molar-refractivity contribution in [3.8, 4) is 22.9 Å². The van der Waals surface area contributed by atoms with Crippen molar-refractivity contribution in [3.63, 3.8) is 0 Å². The van der Waals surface area contributed by atoms with Crippen molar-refractivity contribution in [2.45, 2.75) is 12.8 Å². The molecule has 0 bridgehead atoms. The Morgan fingerprint density at radius 1 is 1.23 bits per heavy atom. The lowest BCUT2D eigenvalue weighted by molar-refractivity contribution is 0.155. The summed E-state index contributed by atoms with van der Waals surface area (Å²) in [7, 11) is 2.08. The number of fused-ring (bicyclic) bond motifs is 3. The number of phenols is 1. The molecule has 0 unspecified atom stereocenters. The lowest BCUT2D eigenvalue weighted by Gasteiger charge is -2.53. The van der Waals surface area contributed by atoms with Crippen LogP contribution >= 0.6 is 0 Å². The van der Waals surface area contributed by atoms with Crippen LogP contribution in [0.15, 0.2) is 24.3 Å². The summed E-state index contributed by atoms with van der Waals surface area (Å²) in [6.45, 7) is 5.58. The molecule has 9 heteroatoms. The molecule has 1 aromatic carbocycles. The van der Waals surface area contributed by atoms with Crippen LogP contribution in [0.25, 0.3) is 17.0 Å². The van der Waals surface area contributed by atoms with E-state index >= 15 is 0 Å². The van der Waals surface area contributed by atoms with Crippen molar-refractivity contribution in [2.24, 2.45) is 5.41 Å². The van der Waals surface area contributed by atoms with Gasteiger partial charge in [-0.25, -0.2) is 0 Å². The van der Waals surface area contributed by atoms with Crippen molar-refractivity contribution in [2.75, 3.05) is 56.2 Å². The predicted molar refractivity (Wildman–Crippen MR) is 113 cm³/mol. The van der Waals surface area contributed by atoms with Gasteiger partial charge in [0.15, 0.2) is 17.4 Å². The average molecular weight is 407 g/mol. The molecule has 0 amide bonds. The van der Waals surface area contributed by atoms with Crippen LogP contribution in [0.3, 0.4) is 0 Å². The topological polar surface area (TPSA) is 91.1 Å². The van der Waals surface area contributed by atoms with Gasteiger partial charge < -0.3 is 25.0 Å². The van der Waals surface area contributed by atoms with Gasteiger partial charge in [-0.15, -0.1) is 15.3 Å². The number of aromatic hydroxyl groups is 1. The molecule has 2 N–H and O–H groups in total. The minimum Gasteiger partial charge on any atom is -0.508 e. The van der Waals surface area contributed by atoms with E-state index in [1.807, 2.05) is 6.07 Å². The Hall–Kier alpha value is -3.07. The number of likely N-dealkylation sites (N-methyl/N-ethyl adjacent to an activating group) is 1. The Bertz CT molecular complexity index is 1110. The molecule has 0 aliphatic carbocycles. The molecular weight excluding hydrogens is 382 g/mol. The summed E-state index contributed by atoms with van der Waals surface area (Å²) in [6.07, 6.45) is 2.49. The molecule has 0 radical (unpaired) electrons. The lowest BCUT2D eigenvalue weighted by Crippen LogP contribution is -2.63. The van der Waals surface area contributed by atoms with E-state index < -0.39 is 0 Å². The summed E-state index contributed by atoms with van der Waals surface area (Å²) >= 11 is 0. The number of nitrogens with zero attached hydrogens (tertiary/aromatic N) is 6. The summed E-state index contributed by atoms with van der Waals surface area (Å²) in [4.78, 5) is 4.55. The Balaban J connectivity index is 1.48. The zero-order valence-corrected chi connectivity index (χ0v) is 17.0. The average Bonchev–Trinajstić information content (AvgIpc) is 3.16. The summed E-state index contributed by atoms with van der Waals surface area (Å²) in [5.41, 5.74) is 2.70. The van der Waals surface area contributed by atoms with E-state index in [-0.39, 0.29) is 5.75 Å². The maximum Gasteiger partial charge on any atom is 0.222 e. The highest BCUT2D eigenvalue weighted by Crippen LogP contribution is 2.46. The number of phenolic OH excluding ortho intramolecular Hbond substituents is 1. The number of nitrogens with one attached hydrogen (secondary N) is 1. The van der Waals surface area contributed by atoms with Crippen LogP contribution in [0, 0.1) is 5.41 Å². The fourth-order valence-corrected chi connectivity index (χ4v) is 4.99. The van der Waals surface area contributed by atoms with Gasteiger partial charge in [-0.3, -0.25) is 0 Å². The predicted octanol–water partition coefficient (Wildman–Crippen LogP) is 1.52. The number of ether oxygens (including phenoxy) is 1. The van der Waals surface area contributed by atoms with E-state index in [4.69, 9.17) is 9.84 Å². The molecule has 30 heavy (non-hydrogen) atoms. The van der Waals surface area contributed by atoms with Crippen LogP contribution in [0.2, 0.25) is 0 Å². The summed E-state index contributed by atoms with van der Waals surface area (Å²) < 4.78 is 7.84. The second-order valence-corrected chi connectivity index (χ2v) is 8.72. The number of piperidine rings is 1. The van der Waals surface area contributed by atoms with Gasteiger partial charge in [0.2, 0.25) is 5.65 Å². The summed E-state index contributed by atoms with van der Waals surface area (Å²) in [5.74, 6) is 2.43. The standard InChI is InChI=1S/C21H25N7O2/c1-26-8-9-30-17-16(26)19(27-12-21(13-27)6-3-7-22-11-21)25-28-18(23-24-20(17)28)14-4-2-5-15(29)10-14/h2,4-5,10,22,29H,3,6-9,11-13H2,1H3. The molecule has 0 atom stereocenters. The van der Waals surface area contributed by atoms with Crippen LogP contribution in [-0.2, 0) is 0 Å². The normalized spacial score (nSPS) is 20.2. The number of anilines is 2. The summed E-state index contributed by atoms with van der Waals surface area (Å²) in [6, 6.07) is 7.01. The summed E-state index contributed by atoms with van der Waals surface area (Å²) in [5, 5.41) is 27.2. The first-order chi connectivity index (χ1) is 14.6. The van der Waals surface area contributed by atoms with Crippen LogP contribution in [0.5, 0.6) is 11.5 Å². The van der Waals surface area contributed by atoms with E-state index in [9.17, 15) is 5.11 Å². The number of hydrogen-bond donors (Lipinski definition) is 2. The third-order valence-corrected chi connectivity index (χ3v) is 6.54. The van der Waals surface area contributed by atoms with Crippen molar-refractivity contribution in [1.82, 2.24) is 25.1 Å². The quantitative estimate of drug-likeness (QED) is 0.661. The molecule has 2 saturated heterocycles. The monoisotopic (exact) mass is 407 g/mol. The fraction of sp³-hybridized carbons (Fsp3) is 0.476. The second kappa shape index (κ2) is 6.46. The van der Waals surface area contributed by atoms with Gasteiger partial charge in [-0.2, -0.15) is 4.52 Å². The molecule has 3 aliphatic heterocycles. The van der Waals surface area contributed by atoms with Crippen molar-refractivity contribution < 1.29 is 9.84 Å². The first-order valence-corrected chi connectivity index (χ1v) is 10.5. The zero-order chi connectivity index (χ0) is 20.3. The molecule has 3 aliphatic rings. The van der Waals surface area contributed by atoms with E-state index in [0.29, 0.717) is 23.5 Å². The SMILES string of the molecule is CN1CCOc2c1c(N1CC3(CCCNC3)C1)nn1c(-c3cccc(O)c3)nnc21. The van der Waals surface area contributed by atoms with Gasteiger partial charge in [0.05, 0.1) is 6.54 Å². The molecule has 156 valence electrons. The van der Waals surface area contributed by atoms with Crippen LogP contribution in [-0.4, -0.2) is 71.3 Å². The molecule has 3 aromatic rings. The lowest BCUT2D eigenvalue weighted by atomic mass is 9.74. The van der Waals surface area contributed by atoms with Crippen LogP contribution in [0.4, 0.5) is 11.5 Å². The first-order valence-electron chi connectivity index (χ1n) is 10.5. The van der Waals surface area contributed by atoms with Gasteiger partial charge in [-0.1, -0.05) is 12.1 Å². The Morgan fingerprint density at radius 2 is 2.13 bits per heavy atom. The number of rotatable bonds is 2. The number of benzene rings is 1. The van der Waals surface area contributed by atoms with Gasteiger partial charge in [-0.05, 0) is 31.5 Å². The number of aromatic nitrogens is 4. The highest BCUT2D eigenvalue weighted by atomic mass is 16.5. The van der Waals surface area contributed by atoms with E-state index in [1.165, 1.54) is 12.8 Å². The molecule has 0 saturated carbocycles. The highest BCUT2D eigenvalue weighted by Gasteiger charge is 2.46. The van der Waals surface area contributed by atoms with Crippen molar-refractivity contribution in [1.29, 1.82) is 0 Å². The van der Waals surface area contributed by atoms with Crippen molar-refractivity contribution in [3.05, 3.63) is 24.3 Å². The van der Waals surface area contributed by atoms with Gasteiger partial charge in [0.1, 0.15) is 18.0 Å². The van der Waals surface area contributed by atoms with E-state index in [2.05, 4.69) is 32.4 Å². The first kappa shape index (κ1) is 17.8. The molecular formula is C21H25N7O2. The Labute approximate surface area is 174 Å². The minimum absolute atomic E-state index is 0.188. The third-order valence-electron chi connectivity index (χ3n) is 6.54. The largest absolute Gasteiger partial charge is 0.508 e. The Morgan fingerprint density at radius 3 is 2.93 bits per heavy atom. The molecule has 5 heterocycles. The van der Waals surface area contributed by atoms with E-state index in [1.54, 1.807) is 22.7 Å². The maximum absolute atomic E-state index is 9.92. The van der Waals surface area contributed by atoms with Crippen LogP contribution < -0.4 is 19.9 Å². The van der Waals surface area contributed by atoms with Crippen LogP contribution in [0.1, 0.15) is 12.8 Å². The molecule has 2 fully saturated rings. The van der Waals surface area contributed by atoms with Gasteiger partial charge in [0, 0.05) is 37.7 Å². The van der Waals surface area contributed by atoms with Gasteiger partial charge >= 0.3 is 0 Å². The highest BCUT2D eigenvalue weighted by molar-refractivity contribution is 5.83. The van der Waals surface area contributed by atoms with Crippen molar-refractivity contribution >= 4 is 17.2 Å². The fourth-order valence-electron chi connectivity index (χ4n) is 4.99. The Kier molecular flexibility index (Phi) is 3.83. The van der Waals surface area contributed by atoms with E-state index in [0.717, 1.165) is 55.5 Å². The zero-order valence-electron chi connectivity index (χ0n) is 17.0. The molecule has 2 aromatic heterocycles. The molecule has 1 spiro atoms. The molecule has 6 rings (SSSR count). The molecule has 9 nitrogen and oxygen atoms in total.